The summed E-state index contributed by atoms with van der Waals surface area (Å²) < 4.78 is 35.3. The number of piperazine rings is 1. The topological polar surface area (TPSA) is 57.9 Å². The van der Waals surface area contributed by atoms with E-state index in [-0.39, 0.29) is 28.7 Å². The molecule has 1 fully saturated rings. The standard InChI is InChI=1S/C29H30F2N6O/c1-6-37-18(3)14-36(15-19(37)4)21-9-7-20(8-10-21)35-28-27(32-5)29(34-16-33-28)38-25-13-24(30)22-11-17(2)12-23(22)26(25)31/h7-10,12-13,16,18-19H,6,11,14-15H2,1-4H3,(H,33,34,35)/t18-,19+. The van der Waals surface area contributed by atoms with Crippen molar-refractivity contribution < 1.29 is 13.5 Å². The van der Waals surface area contributed by atoms with E-state index in [0.29, 0.717) is 24.1 Å². The largest absolute Gasteiger partial charge is 0.446 e. The Hall–Kier alpha value is -4.03. The molecular formula is C29H30F2N6O. The number of halogens is 2. The van der Waals surface area contributed by atoms with E-state index in [2.05, 4.69) is 50.7 Å². The molecule has 7 nitrogen and oxygen atoms in total. The molecule has 1 saturated heterocycles. The lowest BCUT2D eigenvalue weighted by Gasteiger charge is -2.45. The zero-order chi connectivity index (χ0) is 27.0. The molecule has 2 aromatic carbocycles. The zero-order valence-electron chi connectivity index (χ0n) is 21.9. The number of aromatic nitrogens is 2. The van der Waals surface area contributed by atoms with Gasteiger partial charge >= 0.3 is 0 Å². The van der Waals surface area contributed by atoms with Crippen LogP contribution < -0.4 is 15.0 Å². The maximum Gasteiger partial charge on any atom is 0.288 e. The van der Waals surface area contributed by atoms with E-state index >= 15 is 4.39 Å². The Morgan fingerprint density at radius 2 is 1.84 bits per heavy atom. The highest BCUT2D eigenvalue weighted by molar-refractivity contribution is 5.76. The van der Waals surface area contributed by atoms with Gasteiger partial charge in [0, 0.05) is 53.7 Å². The maximum atomic E-state index is 15.1. The lowest BCUT2D eigenvalue weighted by Crippen LogP contribution is -2.56. The van der Waals surface area contributed by atoms with E-state index in [1.54, 1.807) is 6.08 Å². The van der Waals surface area contributed by atoms with Crippen LogP contribution in [-0.2, 0) is 6.42 Å². The number of hydrogen-bond acceptors (Lipinski definition) is 6. The number of fused-ring (bicyclic) bond motifs is 1. The Morgan fingerprint density at radius 1 is 1.13 bits per heavy atom. The minimum atomic E-state index is -0.679. The maximum absolute atomic E-state index is 15.1. The van der Waals surface area contributed by atoms with Gasteiger partial charge in [-0.1, -0.05) is 18.6 Å². The van der Waals surface area contributed by atoms with Gasteiger partial charge in [-0.25, -0.2) is 23.6 Å². The summed E-state index contributed by atoms with van der Waals surface area (Å²) in [5.41, 5.74) is 3.18. The van der Waals surface area contributed by atoms with Crippen LogP contribution in [-0.4, -0.2) is 46.6 Å². The fraction of sp³-hybridized carbons (Fsp3) is 0.345. The van der Waals surface area contributed by atoms with Gasteiger partial charge in [0.2, 0.25) is 5.88 Å². The highest BCUT2D eigenvalue weighted by Crippen LogP contribution is 2.40. The molecule has 0 bridgehead atoms. The van der Waals surface area contributed by atoms with Crippen LogP contribution in [0, 0.1) is 18.2 Å². The van der Waals surface area contributed by atoms with E-state index in [1.165, 1.54) is 6.33 Å². The fourth-order valence-electron chi connectivity index (χ4n) is 5.46. The highest BCUT2D eigenvalue weighted by Gasteiger charge is 2.28. The number of nitrogens with one attached hydrogen (secondary N) is 1. The van der Waals surface area contributed by atoms with Crippen LogP contribution in [0.3, 0.4) is 0 Å². The summed E-state index contributed by atoms with van der Waals surface area (Å²) in [4.78, 5) is 16.6. The lowest BCUT2D eigenvalue weighted by atomic mass is 10.1. The van der Waals surface area contributed by atoms with E-state index in [4.69, 9.17) is 11.3 Å². The molecule has 2 atom stereocenters. The van der Waals surface area contributed by atoms with Gasteiger partial charge in [0.25, 0.3) is 5.69 Å². The average Bonchev–Trinajstić information content (AvgIpc) is 3.30. The number of ether oxygens (including phenoxy) is 1. The first kappa shape index (κ1) is 25.6. The van der Waals surface area contributed by atoms with Gasteiger partial charge in [0.15, 0.2) is 11.6 Å². The van der Waals surface area contributed by atoms with Crippen molar-refractivity contribution >= 4 is 29.0 Å². The number of allylic oxidation sites excluding steroid dienone is 1. The summed E-state index contributed by atoms with van der Waals surface area (Å²) in [6.45, 7) is 19.1. The first-order valence-corrected chi connectivity index (χ1v) is 12.7. The third-order valence-electron chi connectivity index (χ3n) is 7.24. The normalized spacial score (nSPS) is 19.1. The van der Waals surface area contributed by atoms with E-state index in [9.17, 15) is 4.39 Å². The molecule has 1 aromatic heterocycles. The summed E-state index contributed by atoms with van der Waals surface area (Å²) in [6.07, 6.45) is 3.19. The first-order chi connectivity index (χ1) is 18.3. The molecule has 0 spiro atoms. The molecular weight excluding hydrogens is 486 g/mol. The number of nitrogens with zero attached hydrogens (tertiary/aromatic N) is 5. The third-order valence-corrected chi connectivity index (χ3v) is 7.24. The number of hydrogen-bond donors (Lipinski definition) is 1. The Morgan fingerprint density at radius 3 is 2.50 bits per heavy atom. The molecule has 1 aliphatic heterocycles. The number of anilines is 3. The quantitative estimate of drug-likeness (QED) is 0.367. The minimum absolute atomic E-state index is 0.0260. The molecule has 0 amide bonds. The first-order valence-electron chi connectivity index (χ1n) is 12.7. The van der Waals surface area contributed by atoms with Crippen molar-refractivity contribution in [2.75, 3.05) is 29.9 Å². The van der Waals surface area contributed by atoms with Crippen molar-refractivity contribution in [3.8, 4) is 11.6 Å². The second-order valence-electron chi connectivity index (χ2n) is 9.93. The van der Waals surface area contributed by atoms with E-state index < -0.39 is 11.6 Å². The molecule has 9 heteroatoms. The molecule has 196 valence electrons. The average molecular weight is 517 g/mol. The summed E-state index contributed by atoms with van der Waals surface area (Å²) in [6, 6.07) is 9.87. The molecule has 3 aromatic rings. The Bertz CT molecular complexity index is 1420. The van der Waals surface area contributed by atoms with Crippen LogP contribution >= 0.6 is 0 Å². The number of benzene rings is 2. The monoisotopic (exact) mass is 516 g/mol. The molecule has 38 heavy (non-hydrogen) atoms. The van der Waals surface area contributed by atoms with Gasteiger partial charge in [-0.2, -0.15) is 0 Å². The van der Waals surface area contributed by atoms with Crippen molar-refractivity contribution in [2.45, 2.75) is 46.2 Å². The zero-order valence-corrected chi connectivity index (χ0v) is 21.9. The molecule has 2 heterocycles. The van der Waals surface area contributed by atoms with Crippen molar-refractivity contribution in [1.82, 2.24) is 14.9 Å². The highest BCUT2D eigenvalue weighted by atomic mass is 19.1. The van der Waals surface area contributed by atoms with Crippen molar-refractivity contribution in [1.29, 1.82) is 0 Å². The van der Waals surface area contributed by atoms with Gasteiger partial charge in [0.05, 0.1) is 6.57 Å². The van der Waals surface area contributed by atoms with Crippen molar-refractivity contribution in [3.63, 3.8) is 0 Å². The summed E-state index contributed by atoms with van der Waals surface area (Å²) in [5, 5.41) is 3.14. The second kappa shape index (κ2) is 10.4. The predicted octanol–water partition coefficient (Wildman–Crippen LogP) is 6.72. The minimum Gasteiger partial charge on any atom is -0.446 e. The molecule has 2 aliphatic rings. The van der Waals surface area contributed by atoms with Gasteiger partial charge in [-0.05, 0) is 58.0 Å². The van der Waals surface area contributed by atoms with Crippen LogP contribution in [0.4, 0.5) is 31.7 Å². The molecule has 0 saturated carbocycles. The third kappa shape index (κ3) is 4.79. The second-order valence-corrected chi connectivity index (χ2v) is 9.93. The Balaban J connectivity index is 1.35. The lowest BCUT2D eigenvalue weighted by molar-refractivity contribution is 0.140. The number of rotatable bonds is 6. The Labute approximate surface area is 221 Å². The van der Waals surface area contributed by atoms with Crippen LogP contribution in [0.25, 0.3) is 10.9 Å². The van der Waals surface area contributed by atoms with Gasteiger partial charge in [-0.15, -0.1) is 0 Å². The predicted molar refractivity (Wildman–Crippen MR) is 145 cm³/mol. The summed E-state index contributed by atoms with van der Waals surface area (Å²) in [7, 11) is 0. The van der Waals surface area contributed by atoms with E-state index in [0.717, 1.165) is 42.6 Å². The van der Waals surface area contributed by atoms with Gasteiger partial charge in [-0.3, -0.25) is 4.90 Å². The van der Waals surface area contributed by atoms with Crippen molar-refractivity contribution in [2.24, 2.45) is 0 Å². The Kier molecular flexibility index (Phi) is 7.00. The molecule has 1 N–H and O–H groups in total. The fourth-order valence-corrected chi connectivity index (χ4v) is 5.46. The summed E-state index contributed by atoms with van der Waals surface area (Å²) in [5.74, 6) is -1.49. The molecule has 0 unspecified atom stereocenters. The smallest absolute Gasteiger partial charge is 0.288 e. The molecule has 1 aliphatic carbocycles. The van der Waals surface area contributed by atoms with Crippen LogP contribution in [0.15, 0.2) is 42.2 Å². The molecule has 0 radical (unpaired) electrons. The van der Waals surface area contributed by atoms with E-state index in [1.807, 2.05) is 31.2 Å². The van der Waals surface area contributed by atoms with Crippen LogP contribution in [0.1, 0.15) is 38.8 Å². The van der Waals surface area contributed by atoms with Gasteiger partial charge in [0.1, 0.15) is 18.0 Å². The summed E-state index contributed by atoms with van der Waals surface area (Å²) >= 11 is 0. The van der Waals surface area contributed by atoms with Crippen LogP contribution in [0.5, 0.6) is 11.6 Å². The van der Waals surface area contributed by atoms with Crippen LogP contribution in [0.2, 0.25) is 0 Å². The SMILES string of the molecule is [C-]#[N+]c1c(Nc2ccc(N3C[C@@H](C)N(CC)[C@@H](C)C3)cc2)ncnc1Oc1cc(F)c2c(c1F)C=C(C)C2. The number of likely N-dealkylation sites (N-methyl/N-ethyl adjacent to an activating group) is 1. The molecule has 5 rings (SSSR count). The van der Waals surface area contributed by atoms with Crippen molar-refractivity contribution in [3.05, 3.63) is 76.4 Å². The van der Waals surface area contributed by atoms with Gasteiger partial charge < -0.3 is 15.0 Å².